The number of nitrogens with two attached hydrogens (primary N) is 1. The molecule has 1 aliphatic heterocycles. The van der Waals surface area contributed by atoms with Gasteiger partial charge in [-0.15, -0.1) is 0 Å². The van der Waals surface area contributed by atoms with Crippen LogP contribution in [0.15, 0.2) is 18.5 Å². The summed E-state index contributed by atoms with van der Waals surface area (Å²) in [6.07, 6.45) is 4.67. The Morgan fingerprint density at radius 3 is 2.95 bits per heavy atom. The molecule has 5 nitrogen and oxygen atoms in total. The summed E-state index contributed by atoms with van der Waals surface area (Å²) < 4.78 is 0. The first-order valence-corrected chi connectivity index (χ1v) is 6.87. The van der Waals surface area contributed by atoms with Gasteiger partial charge in [0.15, 0.2) is 0 Å². The van der Waals surface area contributed by atoms with Crippen molar-refractivity contribution in [1.82, 2.24) is 20.1 Å². The zero-order valence-corrected chi connectivity index (χ0v) is 12.1. The van der Waals surface area contributed by atoms with Crippen LogP contribution in [-0.4, -0.2) is 61.6 Å². The molecule has 0 bridgehead atoms. The standard InChI is InChI=1S/C14H25N5/c1-16-14(12-9-17-5-4-13(12)15)8-11-10-18(2)6-7-19(11)3/h4-5,9,11,14,16H,6-8,10H2,1-3H3,(H2,15,17). The summed E-state index contributed by atoms with van der Waals surface area (Å²) >= 11 is 0. The molecule has 5 heteroatoms. The summed E-state index contributed by atoms with van der Waals surface area (Å²) in [5.74, 6) is 0. The normalized spacial score (nSPS) is 23.4. The Morgan fingerprint density at radius 1 is 1.47 bits per heavy atom. The van der Waals surface area contributed by atoms with Gasteiger partial charge in [0, 0.05) is 55.4 Å². The van der Waals surface area contributed by atoms with Crippen LogP contribution in [0.2, 0.25) is 0 Å². The molecule has 1 aliphatic rings. The third-order valence-corrected chi connectivity index (χ3v) is 4.10. The predicted octanol–water partition coefficient (Wildman–Crippen LogP) is 0.560. The molecule has 0 aromatic carbocycles. The van der Waals surface area contributed by atoms with Gasteiger partial charge >= 0.3 is 0 Å². The lowest BCUT2D eigenvalue weighted by atomic mass is 9.97. The highest BCUT2D eigenvalue weighted by Gasteiger charge is 2.26. The van der Waals surface area contributed by atoms with Crippen molar-refractivity contribution >= 4 is 5.69 Å². The number of piperazine rings is 1. The number of anilines is 1. The molecule has 2 rings (SSSR count). The minimum atomic E-state index is 0.257. The van der Waals surface area contributed by atoms with E-state index in [1.807, 2.05) is 19.3 Å². The number of nitrogen functional groups attached to an aromatic ring is 1. The molecule has 1 aromatic rings. The lowest BCUT2D eigenvalue weighted by Crippen LogP contribution is -2.50. The van der Waals surface area contributed by atoms with Gasteiger partial charge in [-0.05, 0) is 33.6 Å². The fourth-order valence-corrected chi connectivity index (χ4v) is 2.74. The van der Waals surface area contributed by atoms with Crippen LogP contribution in [0.1, 0.15) is 18.0 Å². The van der Waals surface area contributed by atoms with Gasteiger partial charge < -0.3 is 20.9 Å². The molecule has 0 saturated carbocycles. The van der Waals surface area contributed by atoms with Gasteiger partial charge in [-0.2, -0.15) is 0 Å². The van der Waals surface area contributed by atoms with E-state index in [-0.39, 0.29) is 6.04 Å². The van der Waals surface area contributed by atoms with Crippen molar-refractivity contribution in [3.05, 3.63) is 24.0 Å². The highest BCUT2D eigenvalue weighted by molar-refractivity contribution is 5.46. The van der Waals surface area contributed by atoms with Crippen molar-refractivity contribution in [1.29, 1.82) is 0 Å². The lowest BCUT2D eigenvalue weighted by molar-refractivity contribution is 0.102. The number of pyridine rings is 1. The Labute approximate surface area is 115 Å². The SMILES string of the molecule is CNC(CC1CN(C)CCN1C)c1cnccc1N. The number of nitrogens with one attached hydrogen (secondary N) is 1. The zero-order chi connectivity index (χ0) is 13.8. The van der Waals surface area contributed by atoms with E-state index >= 15 is 0 Å². The van der Waals surface area contributed by atoms with Crippen LogP contribution < -0.4 is 11.1 Å². The maximum absolute atomic E-state index is 6.06. The molecular weight excluding hydrogens is 238 g/mol. The van der Waals surface area contributed by atoms with E-state index in [4.69, 9.17) is 5.73 Å². The number of likely N-dealkylation sites (N-methyl/N-ethyl adjacent to an activating group) is 2. The minimum Gasteiger partial charge on any atom is -0.398 e. The second-order valence-electron chi connectivity index (χ2n) is 5.48. The first-order chi connectivity index (χ1) is 9.11. The van der Waals surface area contributed by atoms with E-state index < -0.39 is 0 Å². The molecule has 1 aromatic heterocycles. The van der Waals surface area contributed by atoms with Crippen LogP contribution in [0.4, 0.5) is 5.69 Å². The summed E-state index contributed by atoms with van der Waals surface area (Å²) in [7, 11) is 6.38. The lowest BCUT2D eigenvalue weighted by Gasteiger charge is -2.39. The maximum atomic E-state index is 6.06. The van der Waals surface area contributed by atoms with E-state index in [1.54, 1.807) is 6.20 Å². The molecule has 19 heavy (non-hydrogen) atoms. The fourth-order valence-electron chi connectivity index (χ4n) is 2.74. The van der Waals surface area contributed by atoms with Crippen molar-refractivity contribution in [2.75, 3.05) is 46.5 Å². The zero-order valence-electron chi connectivity index (χ0n) is 12.1. The van der Waals surface area contributed by atoms with E-state index in [9.17, 15) is 0 Å². The van der Waals surface area contributed by atoms with Gasteiger partial charge in [0.1, 0.15) is 0 Å². The molecule has 0 radical (unpaired) electrons. The highest BCUT2D eigenvalue weighted by atomic mass is 15.3. The van der Waals surface area contributed by atoms with E-state index in [2.05, 4.69) is 34.2 Å². The predicted molar refractivity (Wildman–Crippen MR) is 79.0 cm³/mol. The van der Waals surface area contributed by atoms with Gasteiger partial charge in [-0.1, -0.05) is 0 Å². The third kappa shape index (κ3) is 3.43. The van der Waals surface area contributed by atoms with Crippen molar-refractivity contribution in [2.45, 2.75) is 18.5 Å². The molecule has 2 atom stereocenters. The fraction of sp³-hybridized carbons (Fsp3) is 0.643. The van der Waals surface area contributed by atoms with E-state index in [0.717, 1.165) is 37.3 Å². The van der Waals surface area contributed by atoms with Gasteiger partial charge in [-0.3, -0.25) is 4.98 Å². The largest absolute Gasteiger partial charge is 0.398 e. The Kier molecular flexibility index (Phi) is 4.74. The molecule has 0 aliphatic carbocycles. The van der Waals surface area contributed by atoms with Crippen molar-refractivity contribution < 1.29 is 0 Å². The Morgan fingerprint density at radius 2 is 2.26 bits per heavy atom. The summed E-state index contributed by atoms with van der Waals surface area (Å²) in [5, 5.41) is 3.38. The average Bonchev–Trinajstić information content (AvgIpc) is 2.41. The first-order valence-electron chi connectivity index (χ1n) is 6.87. The monoisotopic (exact) mass is 263 g/mol. The highest BCUT2D eigenvalue weighted by Crippen LogP contribution is 2.25. The molecule has 2 heterocycles. The molecule has 0 spiro atoms. The van der Waals surface area contributed by atoms with Crippen molar-refractivity contribution in [3.63, 3.8) is 0 Å². The molecule has 2 unspecified atom stereocenters. The summed E-state index contributed by atoms with van der Waals surface area (Å²) in [6.45, 7) is 3.38. The van der Waals surface area contributed by atoms with Gasteiger partial charge in [0.2, 0.25) is 0 Å². The molecule has 1 saturated heterocycles. The van der Waals surface area contributed by atoms with E-state index in [1.165, 1.54) is 0 Å². The smallest absolute Gasteiger partial charge is 0.0393 e. The van der Waals surface area contributed by atoms with Gasteiger partial charge in [-0.25, -0.2) is 0 Å². The molecule has 106 valence electrons. The average molecular weight is 263 g/mol. The van der Waals surface area contributed by atoms with E-state index in [0.29, 0.717) is 6.04 Å². The first kappa shape index (κ1) is 14.2. The summed E-state index contributed by atoms with van der Waals surface area (Å²) in [4.78, 5) is 9.03. The Bertz CT molecular complexity index is 409. The van der Waals surface area contributed by atoms with Gasteiger partial charge in [0.05, 0.1) is 0 Å². The second kappa shape index (κ2) is 6.32. The number of nitrogens with zero attached hydrogens (tertiary/aromatic N) is 3. The van der Waals surface area contributed by atoms with Crippen LogP contribution >= 0.6 is 0 Å². The second-order valence-corrected chi connectivity index (χ2v) is 5.48. The number of rotatable bonds is 4. The number of hydrogen-bond donors (Lipinski definition) is 2. The maximum Gasteiger partial charge on any atom is 0.0393 e. The quantitative estimate of drug-likeness (QED) is 0.831. The minimum absolute atomic E-state index is 0.257. The topological polar surface area (TPSA) is 57.4 Å². The Hall–Kier alpha value is -1.17. The van der Waals surface area contributed by atoms with Gasteiger partial charge in [0.25, 0.3) is 0 Å². The summed E-state index contributed by atoms with van der Waals surface area (Å²) in [6, 6.07) is 2.68. The van der Waals surface area contributed by atoms with Crippen LogP contribution in [0.5, 0.6) is 0 Å². The van der Waals surface area contributed by atoms with Crippen LogP contribution in [0, 0.1) is 0 Å². The number of hydrogen-bond acceptors (Lipinski definition) is 5. The summed E-state index contributed by atoms with van der Waals surface area (Å²) in [5.41, 5.74) is 7.98. The third-order valence-electron chi connectivity index (χ3n) is 4.10. The van der Waals surface area contributed by atoms with Crippen LogP contribution in [-0.2, 0) is 0 Å². The molecule has 0 amide bonds. The molecule has 3 N–H and O–H groups in total. The number of aromatic nitrogens is 1. The van der Waals surface area contributed by atoms with Crippen LogP contribution in [0.25, 0.3) is 0 Å². The molecule has 1 fully saturated rings. The van der Waals surface area contributed by atoms with Crippen molar-refractivity contribution in [3.8, 4) is 0 Å². The molecular formula is C14H25N5. The van der Waals surface area contributed by atoms with Crippen molar-refractivity contribution in [2.24, 2.45) is 0 Å². The van der Waals surface area contributed by atoms with Crippen LogP contribution in [0.3, 0.4) is 0 Å². The Balaban J connectivity index is 2.08.